The first-order chi connectivity index (χ1) is 14.3. The number of carbonyl (C=O) groups excluding carboxylic acids is 1. The van der Waals surface area contributed by atoms with E-state index in [-0.39, 0.29) is 41.5 Å². The third-order valence-corrected chi connectivity index (χ3v) is 7.44. The van der Waals surface area contributed by atoms with E-state index in [1.807, 2.05) is 4.90 Å². The molecule has 8 heteroatoms. The number of likely N-dealkylation sites (tertiary alicyclic amines) is 2. The second-order valence-electron chi connectivity index (χ2n) is 10.7. The monoisotopic (exact) mass is 418 g/mol. The number of hydrogen-bond donors (Lipinski definition) is 2. The number of carbonyl (C=O) groups is 1. The summed E-state index contributed by atoms with van der Waals surface area (Å²) in [6.07, 6.45) is 1.78. The van der Waals surface area contributed by atoms with Crippen molar-refractivity contribution in [2.45, 2.75) is 51.9 Å². The first kappa shape index (κ1) is 20.4. The van der Waals surface area contributed by atoms with E-state index in [2.05, 4.69) is 35.9 Å². The highest BCUT2D eigenvalue weighted by molar-refractivity contribution is 5.94. The van der Waals surface area contributed by atoms with Crippen molar-refractivity contribution in [3.05, 3.63) is 17.0 Å². The molecule has 1 aromatic rings. The summed E-state index contributed by atoms with van der Waals surface area (Å²) < 4.78 is 12.1. The van der Waals surface area contributed by atoms with Crippen LogP contribution in [0.3, 0.4) is 0 Å². The molecule has 2 N–H and O–H groups in total. The van der Waals surface area contributed by atoms with E-state index >= 15 is 0 Å². The number of H-pyrrole nitrogens is 1. The van der Waals surface area contributed by atoms with E-state index in [1.165, 1.54) is 0 Å². The molecule has 1 spiro atoms. The Bertz CT molecular complexity index is 819. The number of nitrogens with zero attached hydrogens (tertiary/aromatic N) is 3. The number of fused-ring (bicyclic) bond motifs is 2. The van der Waals surface area contributed by atoms with E-state index < -0.39 is 0 Å². The molecule has 0 radical (unpaired) electrons. The first-order valence-corrected chi connectivity index (χ1v) is 11.2. The van der Waals surface area contributed by atoms with Gasteiger partial charge in [-0.3, -0.25) is 14.8 Å². The number of aromatic amines is 1. The standard InChI is InChI=1S/C22H34N4O4/c1-21(2,3)5-6-25-8-16-14(10-27)18-9-26(13-22(16,12-25)30-18)20(28)19-15-11-29-7-4-17(15)23-24-19/h14,16,18,27H,4-13H2,1-3H3,(H,23,24)/t14-,16+,18+,22-/m0/s1. The molecule has 1 aromatic heterocycles. The SMILES string of the molecule is CC(C)(C)CCN1C[C@@H]2[C@H](CO)[C@H]3CN(C(=O)c4n[nH]c5c4COCC5)C[C@]2(C1)O3. The number of hydrogen-bond acceptors (Lipinski definition) is 6. The van der Waals surface area contributed by atoms with Crippen molar-refractivity contribution in [1.82, 2.24) is 20.0 Å². The molecular formula is C22H34N4O4. The molecule has 4 aliphatic heterocycles. The zero-order valence-corrected chi connectivity index (χ0v) is 18.3. The van der Waals surface area contributed by atoms with Gasteiger partial charge in [-0.25, -0.2) is 0 Å². The van der Waals surface area contributed by atoms with E-state index in [1.54, 1.807) is 0 Å². The van der Waals surface area contributed by atoms with Crippen LogP contribution in [0.15, 0.2) is 0 Å². The Morgan fingerprint density at radius 3 is 2.93 bits per heavy atom. The van der Waals surface area contributed by atoms with Gasteiger partial charge in [-0.2, -0.15) is 5.10 Å². The van der Waals surface area contributed by atoms with Crippen molar-refractivity contribution in [2.75, 3.05) is 45.9 Å². The fourth-order valence-corrected chi connectivity index (χ4v) is 5.79. The lowest BCUT2D eigenvalue weighted by Gasteiger charge is -2.40. The van der Waals surface area contributed by atoms with Gasteiger partial charge in [0.15, 0.2) is 5.69 Å². The third kappa shape index (κ3) is 3.38. The molecule has 8 nitrogen and oxygen atoms in total. The third-order valence-electron chi connectivity index (χ3n) is 7.44. The van der Waals surface area contributed by atoms with Crippen molar-refractivity contribution in [3.8, 4) is 0 Å². The van der Waals surface area contributed by atoms with Gasteiger partial charge >= 0.3 is 0 Å². The molecule has 5 rings (SSSR count). The van der Waals surface area contributed by atoms with Gasteiger partial charge in [0.2, 0.25) is 0 Å². The number of aliphatic hydroxyl groups is 1. The molecule has 0 aliphatic carbocycles. The van der Waals surface area contributed by atoms with Gasteiger partial charge in [0, 0.05) is 55.8 Å². The molecule has 0 aromatic carbocycles. The minimum Gasteiger partial charge on any atom is -0.396 e. The largest absolute Gasteiger partial charge is 0.396 e. The number of aliphatic hydroxyl groups excluding tert-OH is 1. The lowest BCUT2D eigenvalue weighted by molar-refractivity contribution is -0.108. The predicted molar refractivity (Wildman–Crippen MR) is 110 cm³/mol. The fraction of sp³-hybridized carbons (Fsp3) is 0.818. The Morgan fingerprint density at radius 1 is 1.33 bits per heavy atom. The lowest BCUT2D eigenvalue weighted by Crippen LogP contribution is -2.56. The van der Waals surface area contributed by atoms with Gasteiger partial charge in [0.1, 0.15) is 5.60 Å². The van der Waals surface area contributed by atoms with Crippen LogP contribution in [0, 0.1) is 17.3 Å². The van der Waals surface area contributed by atoms with Gasteiger partial charge in [-0.05, 0) is 18.4 Å². The minimum atomic E-state index is -0.378. The van der Waals surface area contributed by atoms with Crippen LogP contribution in [0.1, 0.15) is 48.9 Å². The summed E-state index contributed by atoms with van der Waals surface area (Å²) in [7, 11) is 0. The Morgan fingerprint density at radius 2 is 2.17 bits per heavy atom. The molecule has 0 unspecified atom stereocenters. The predicted octanol–water partition coefficient (Wildman–Crippen LogP) is 1.05. The zero-order chi connectivity index (χ0) is 21.1. The molecule has 2 bridgehead atoms. The summed E-state index contributed by atoms with van der Waals surface area (Å²) in [5.74, 6) is 0.303. The smallest absolute Gasteiger partial charge is 0.274 e. The zero-order valence-electron chi connectivity index (χ0n) is 18.3. The van der Waals surface area contributed by atoms with E-state index in [0.29, 0.717) is 32.0 Å². The quantitative estimate of drug-likeness (QED) is 0.760. The normalized spacial score (nSPS) is 33.6. The van der Waals surface area contributed by atoms with Gasteiger partial charge in [0.05, 0.1) is 25.9 Å². The van der Waals surface area contributed by atoms with Gasteiger partial charge in [-0.1, -0.05) is 20.8 Å². The fourth-order valence-electron chi connectivity index (χ4n) is 5.79. The maximum absolute atomic E-state index is 13.4. The topological polar surface area (TPSA) is 90.9 Å². The summed E-state index contributed by atoms with van der Waals surface area (Å²) in [5, 5.41) is 17.5. The van der Waals surface area contributed by atoms with Crippen molar-refractivity contribution in [1.29, 1.82) is 0 Å². The number of rotatable bonds is 4. The Labute approximate surface area is 177 Å². The molecule has 4 atom stereocenters. The van der Waals surface area contributed by atoms with E-state index in [9.17, 15) is 9.90 Å². The highest BCUT2D eigenvalue weighted by Gasteiger charge is 2.62. The maximum atomic E-state index is 13.4. The van der Waals surface area contributed by atoms with Crippen molar-refractivity contribution in [3.63, 3.8) is 0 Å². The maximum Gasteiger partial charge on any atom is 0.274 e. The average Bonchev–Trinajstić information content (AvgIpc) is 3.33. The van der Waals surface area contributed by atoms with Crippen LogP contribution in [-0.2, 0) is 22.5 Å². The molecule has 30 heavy (non-hydrogen) atoms. The van der Waals surface area contributed by atoms with Crippen LogP contribution < -0.4 is 0 Å². The highest BCUT2D eigenvalue weighted by atomic mass is 16.5. The molecule has 166 valence electrons. The second kappa shape index (κ2) is 7.29. The molecule has 0 saturated carbocycles. The molecule has 3 saturated heterocycles. The molecular weight excluding hydrogens is 384 g/mol. The van der Waals surface area contributed by atoms with Gasteiger partial charge in [0.25, 0.3) is 5.91 Å². The number of nitrogens with one attached hydrogen (secondary N) is 1. The Balaban J connectivity index is 1.36. The average molecular weight is 419 g/mol. The highest BCUT2D eigenvalue weighted by Crippen LogP contribution is 2.49. The van der Waals surface area contributed by atoms with Gasteiger partial charge in [-0.15, -0.1) is 0 Å². The number of ether oxygens (including phenoxy) is 2. The molecule has 5 heterocycles. The van der Waals surface area contributed by atoms with Gasteiger partial charge < -0.3 is 19.5 Å². The van der Waals surface area contributed by atoms with Crippen molar-refractivity contribution < 1.29 is 19.4 Å². The van der Waals surface area contributed by atoms with Crippen LogP contribution in [0.5, 0.6) is 0 Å². The first-order valence-electron chi connectivity index (χ1n) is 11.2. The van der Waals surface area contributed by atoms with Crippen LogP contribution in [0.2, 0.25) is 0 Å². The van der Waals surface area contributed by atoms with E-state index in [4.69, 9.17) is 9.47 Å². The van der Waals surface area contributed by atoms with E-state index in [0.717, 1.165) is 43.7 Å². The van der Waals surface area contributed by atoms with Crippen LogP contribution in [0.25, 0.3) is 0 Å². The molecule has 4 aliphatic rings. The number of aromatic nitrogens is 2. The summed E-state index contributed by atoms with van der Waals surface area (Å²) in [6, 6.07) is 0. The van der Waals surface area contributed by atoms with Crippen LogP contribution in [0.4, 0.5) is 0 Å². The van der Waals surface area contributed by atoms with Crippen molar-refractivity contribution >= 4 is 5.91 Å². The van der Waals surface area contributed by atoms with Crippen molar-refractivity contribution in [2.24, 2.45) is 17.3 Å². The summed E-state index contributed by atoms with van der Waals surface area (Å²) >= 11 is 0. The van der Waals surface area contributed by atoms with Crippen LogP contribution in [-0.4, -0.2) is 88.7 Å². The summed E-state index contributed by atoms with van der Waals surface area (Å²) in [5.41, 5.74) is 2.30. The Hall–Kier alpha value is -1.48. The minimum absolute atomic E-state index is 0.0452. The molecule has 1 amide bonds. The Kier molecular flexibility index (Phi) is 4.96. The second-order valence-corrected chi connectivity index (χ2v) is 10.7. The molecule has 3 fully saturated rings. The number of morpholine rings is 1. The summed E-state index contributed by atoms with van der Waals surface area (Å²) in [4.78, 5) is 17.8. The summed E-state index contributed by atoms with van der Waals surface area (Å²) in [6.45, 7) is 11.9. The van der Waals surface area contributed by atoms with Crippen LogP contribution >= 0.6 is 0 Å². The lowest BCUT2D eigenvalue weighted by atomic mass is 9.83. The number of amides is 1.